The van der Waals surface area contributed by atoms with Crippen LogP contribution in [0.2, 0.25) is 0 Å². The molecule has 3 rings (SSSR count). The van der Waals surface area contributed by atoms with Crippen LogP contribution in [0.5, 0.6) is 5.75 Å². The molecule has 0 bridgehead atoms. The summed E-state index contributed by atoms with van der Waals surface area (Å²) in [7, 11) is -2.35. The molecule has 32 heavy (non-hydrogen) atoms. The Bertz CT molecular complexity index is 1080. The summed E-state index contributed by atoms with van der Waals surface area (Å²) in [4.78, 5) is 14.7. The lowest BCUT2D eigenvalue weighted by atomic mass is 10.1. The van der Waals surface area contributed by atoms with Gasteiger partial charge in [-0.05, 0) is 30.2 Å². The van der Waals surface area contributed by atoms with Crippen molar-refractivity contribution in [1.29, 1.82) is 0 Å². The number of methoxy groups -OCH3 is 1. The van der Waals surface area contributed by atoms with Crippen molar-refractivity contribution in [1.82, 2.24) is 9.21 Å². The molecule has 8 heteroatoms. The molecule has 0 saturated carbocycles. The number of ether oxygens (including phenoxy) is 2. The maximum atomic E-state index is 13.2. The molecule has 1 fully saturated rings. The van der Waals surface area contributed by atoms with Gasteiger partial charge in [0.25, 0.3) is 0 Å². The summed E-state index contributed by atoms with van der Waals surface area (Å²) >= 11 is 0. The number of terminal acetylenes is 1. The quantitative estimate of drug-likeness (QED) is 0.570. The molecule has 0 unspecified atom stereocenters. The van der Waals surface area contributed by atoms with Gasteiger partial charge in [-0.3, -0.25) is 4.79 Å². The van der Waals surface area contributed by atoms with Gasteiger partial charge in [-0.2, -0.15) is 4.31 Å². The number of hydrogen-bond donors (Lipinski definition) is 0. The largest absolute Gasteiger partial charge is 0.495 e. The van der Waals surface area contributed by atoms with Crippen LogP contribution in [0.1, 0.15) is 16.7 Å². The Kier molecular flexibility index (Phi) is 7.91. The lowest BCUT2D eigenvalue weighted by Gasteiger charge is -2.27. The zero-order valence-electron chi connectivity index (χ0n) is 18.4. The van der Waals surface area contributed by atoms with Crippen LogP contribution in [-0.2, 0) is 32.5 Å². The Balaban J connectivity index is 1.82. The van der Waals surface area contributed by atoms with Crippen molar-refractivity contribution in [3.05, 3.63) is 59.2 Å². The van der Waals surface area contributed by atoms with Gasteiger partial charge in [0.1, 0.15) is 10.6 Å². The van der Waals surface area contributed by atoms with Gasteiger partial charge in [-0.15, -0.1) is 6.42 Å². The predicted molar refractivity (Wildman–Crippen MR) is 122 cm³/mol. The van der Waals surface area contributed by atoms with Crippen molar-refractivity contribution in [3.63, 3.8) is 0 Å². The monoisotopic (exact) mass is 456 g/mol. The number of morpholine rings is 1. The van der Waals surface area contributed by atoms with Crippen molar-refractivity contribution in [2.75, 3.05) is 40.0 Å². The van der Waals surface area contributed by atoms with Gasteiger partial charge >= 0.3 is 0 Å². The molecule has 2 aromatic rings. The number of amides is 1. The summed E-state index contributed by atoms with van der Waals surface area (Å²) in [6.07, 6.45) is 5.52. The van der Waals surface area contributed by atoms with E-state index < -0.39 is 10.0 Å². The van der Waals surface area contributed by atoms with E-state index in [9.17, 15) is 13.2 Å². The first-order valence-electron chi connectivity index (χ1n) is 10.4. The minimum absolute atomic E-state index is 0.0309. The van der Waals surface area contributed by atoms with E-state index in [0.717, 1.165) is 11.1 Å². The molecule has 170 valence electrons. The zero-order valence-corrected chi connectivity index (χ0v) is 19.2. The summed E-state index contributed by atoms with van der Waals surface area (Å²) < 4.78 is 38.3. The third kappa shape index (κ3) is 5.68. The van der Waals surface area contributed by atoms with Crippen LogP contribution in [0.4, 0.5) is 0 Å². The zero-order chi connectivity index (χ0) is 23.1. The number of nitrogens with zero attached hydrogens (tertiary/aromatic N) is 2. The molecule has 0 N–H and O–H groups in total. The standard InChI is InChI=1S/C24H28N2O5S/c1-4-11-25(18-20-7-5-19(2)6-8-20)24(27)17-21-9-10-22(30-3)23(16-21)32(28,29)26-12-14-31-15-13-26/h1,5-10,16H,11-15,17-18H2,2-3H3. The Labute approximate surface area is 190 Å². The second-order valence-corrected chi connectivity index (χ2v) is 9.52. The minimum Gasteiger partial charge on any atom is -0.495 e. The number of rotatable bonds is 8. The number of sulfonamides is 1. The van der Waals surface area contributed by atoms with Gasteiger partial charge in [-0.1, -0.05) is 41.8 Å². The number of carbonyl (C=O) groups is 1. The van der Waals surface area contributed by atoms with E-state index in [0.29, 0.717) is 25.3 Å². The van der Waals surface area contributed by atoms with Crippen molar-refractivity contribution < 1.29 is 22.7 Å². The van der Waals surface area contributed by atoms with Crippen LogP contribution in [0.3, 0.4) is 0 Å². The molecule has 0 atom stereocenters. The van der Waals surface area contributed by atoms with Crippen molar-refractivity contribution in [2.45, 2.75) is 24.8 Å². The normalized spacial score (nSPS) is 14.5. The first-order valence-corrected chi connectivity index (χ1v) is 11.8. The predicted octanol–water partition coefficient (Wildman–Crippen LogP) is 2.23. The van der Waals surface area contributed by atoms with Crippen LogP contribution in [0, 0.1) is 19.3 Å². The highest BCUT2D eigenvalue weighted by Crippen LogP contribution is 2.29. The molecule has 0 aliphatic carbocycles. The highest BCUT2D eigenvalue weighted by Gasteiger charge is 2.29. The molecule has 1 heterocycles. The topological polar surface area (TPSA) is 76.2 Å². The van der Waals surface area contributed by atoms with Crippen LogP contribution in [-0.4, -0.2) is 63.5 Å². The van der Waals surface area contributed by atoms with Gasteiger partial charge in [0.15, 0.2) is 0 Å². The Morgan fingerprint density at radius 1 is 1.16 bits per heavy atom. The maximum absolute atomic E-state index is 13.2. The van der Waals surface area contributed by atoms with Gasteiger partial charge < -0.3 is 14.4 Å². The average molecular weight is 457 g/mol. The summed E-state index contributed by atoms with van der Waals surface area (Å²) in [5.74, 6) is 2.60. The van der Waals surface area contributed by atoms with E-state index in [-0.39, 0.29) is 42.6 Å². The Morgan fingerprint density at radius 3 is 2.44 bits per heavy atom. The number of aryl methyl sites for hydroxylation is 1. The molecule has 1 aliphatic heterocycles. The average Bonchev–Trinajstić information content (AvgIpc) is 2.80. The molecule has 1 saturated heterocycles. The van der Waals surface area contributed by atoms with Gasteiger partial charge in [0.2, 0.25) is 15.9 Å². The fourth-order valence-corrected chi connectivity index (χ4v) is 5.12. The molecule has 1 aliphatic rings. The molecule has 0 radical (unpaired) electrons. The SMILES string of the molecule is C#CCN(Cc1ccc(C)cc1)C(=O)Cc1ccc(OC)c(S(=O)(=O)N2CCOCC2)c1. The Morgan fingerprint density at radius 2 is 1.81 bits per heavy atom. The Hall–Kier alpha value is -2.86. The van der Waals surface area contributed by atoms with Crippen LogP contribution < -0.4 is 4.74 Å². The number of carbonyl (C=O) groups excluding carboxylic acids is 1. The third-order valence-electron chi connectivity index (χ3n) is 5.30. The first kappa shape index (κ1) is 23.8. The van der Waals surface area contributed by atoms with Crippen LogP contribution in [0.15, 0.2) is 47.4 Å². The molecule has 0 aromatic heterocycles. The second-order valence-electron chi connectivity index (χ2n) is 7.62. The third-order valence-corrected chi connectivity index (χ3v) is 7.22. The van der Waals surface area contributed by atoms with E-state index in [4.69, 9.17) is 15.9 Å². The summed E-state index contributed by atoms with van der Waals surface area (Å²) in [6.45, 7) is 3.81. The summed E-state index contributed by atoms with van der Waals surface area (Å²) in [5, 5.41) is 0. The highest BCUT2D eigenvalue weighted by atomic mass is 32.2. The van der Waals surface area contributed by atoms with Gasteiger partial charge in [0.05, 0.1) is 33.3 Å². The molecular formula is C24H28N2O5S. The highest BCUT2D eigenvalue weighted by molar-refractivity contribution is 7.89. The lowest BCUT2D eigenvalue weighted by molar-refractivity contribution is -0.130. The molecule has 2 aromatic carbocycles. The van der Waals surface area contributed by atoms with Crippen molar-refractivity contribution in [2.24, 2.45) is 0 Å². The summed E-state index contributed by atoms with van der Waals surface area (Å²) in [5.41, 5.74) is 2.69. The summed E-state index contributed by atoms with van der Waals surface area (Å²) in [6, 6.07) is 12.7. The van der Waals surface area contributed by atoms with Crippen LogP contribution in [0.25, 0.3) is 0 Å². The molecular weight excluding hydrogens is 428 g/mol. The van der Waals surface area contributed by atoms with E-state index in [2.05, 4.69) is 5.92 Å². The molecule has 7 nitrogen and oxygen atoms in total. The first-order chi connectivity index (χ1) is 15.3. The molecule has 1 amide bonds. The smallest absolute Gasteiger partial charge is 0.246 e. The van der Waals surface area contributed by atoms with Crippen LogP contribution >= 0.6 is 0 Å². The van der Waals surface area contributed by atoms with Crippen molar-refractivity contribution in [3.8, 4) is 18.1 Å². The number of benzene rings is 2. The fraction of sp³-hybridized carbons (Fsp3) is 0.375. The fourth-order valence-electron chi connectivity index (χ4n) is 3.50. The van der Waals surface area contributed by atoms with Crippen molar-refractivity contribution >= 4 is 15.9 Å². The number of hydrogen-bond acceptors (Lipinski definition) is 5. The van der Waals surface area contributed by atoms with E-state index in [1.807, 2.05) is 31.2 Å². The van der Waals surface area contributed by atoms with Gasteiger partial charge in [-0.25, -0.2) is 8.42 Å². The lowest BCUT2D eigenvalue weighted by Crippen LogP contribution is -2.40. The second kappa shape index (κ2) is 10.6. The van der Waals surface area contributed by atoms with E-state index >= 15 is 0 Å². The maximum Gasteiger partial charge on any atom is 0.246 e. The van der Waals surface area contributed by atoms with E-state index in [1.165, 1.54) is 17.5 Å². The van der Waals surface area contributed by atoms with E-state index in [1.54, 1.807) is 17.0 Å². The minimum atomic E-state index is -3.78. The molecule has 0 spiro atoms. The van der Waals surface area contributed by atoms with Gasteiger partial charge in [0, 0.05) is 19.6 Å².